The van der Waals surface area contributed by atoms with Gasteiger partial charge in [0.05, 0.1) is 5.69 Å². The molecule has 0 N–H and O–H groups in total. The largest absolute Gasteiger partial charge is 0.335 e. The van der Waals surface area contributed by atoms with E-state index < -0.39 is 0 Å². The van der Waals surface area contributed by atoms with Crippen LogP contribution in [0, 0.1) is 0 Å². The Morgan fingerprint density at radius 1 is 1.18 bits per heavy atom. The number of rotatable bonds is 0. The van der Waals surface area contributed by atoms with Gasteiger partial charge >= 0.3 is 6.29 Å². The van der Waals surface area contributed by atoms with E-state index in [1.54, 1.807) is 0 Å². The van der Waals surface area contributed by atoms with Crippen LogP contribution in [0.2, 0.25) is 0 Å². The Hall–Kier alpha value is -1.70. The van der Waals surface area contributed by atoms with E-state index in [4.69, 9.17) is 4.42 Å². The molecular formula is C15H14NO+. The van der Waals surface area contributed by atoms with Crippen LogP contribution in [-0.4, -0.2) is 18.1 Å². The van der Waals surface area contributed by atoms with Gasteiger partial charge in [-0.25, -0.2) is 4.99 Å². The van der Waals surface area contributed by atoms with Crippen LogP contribution < -0.4 is 0 Å². The second-order valence-corrected chi connectivity index (χ2v) is 4.90. The molecule has 2 heteroatoms. The molecule has 84 valence electrons. The lowest BCUT2D eigenvalue weighted by atomic mass is 9.84. The van der Waals surface area contributed by atoms with Crippen LogP contribution in [0.15, 0.2) is 34.8 Å². The molecular weight excluding hydrogens is 210 g/mol. The first-order valence-corrected chi connectivity index (χ1v) is 6.34. The first-order valence-electron chi connectivity index (χ1n) is 6.34. The molecule has 1 aromatic rings. The van der Waals surface area contributed by atoms with Gasteiger partial charge in [-0.2, -0.15) is 0 Å². The minimum absolute atomic E-state index is 0.309. The van der Waals surface area contributed by atoms with E-state index >= 15 is 0 Å². The predicted octanol–water partition coefficient (Wildman–Crippen LogP) is 3.22. The van der Waals surface area contributed by atoms with Gasteiger partial charge in [0.2, 0.25) is 0 Å². The van der Waals surface area contributed by atoms with Crippen molar-refractivity contribution >= 4 is 23.3 Å². The van der Waals surface area contributed by atoms with Crippen LogP contribution in [0.25, 0.3) is 5.57 Å². The maximum absolute atomic E-state index is 5.81. The highest BCUT2D eigenvalue weighted by atomic mass is 16.4. The number of carbonyl (C=O) groups excluding carboxylic acids is 1. The lowest BCUT2D eigenvalue weighted by Crippen LogP contribution is -2.25. The van der Waals surface area contributed by atoms with Crippen molar-refractivity contribution in [1.82, 2.24) is 0 Å². The van der Waals surface area contributed by atoms with Gasteiger partial charge in [-0.15, -0.1) is 0 Å². The summed E-state index contributed by atoms with van der Waals surface area (Å²) in [5.41, 5.74) is 6.25. The number of nitrogens with zero attached hydrogens (tertiary/aromatic N) is 1. The third-order valence-electron chi connectivity index (χ3n) is 3.89. The Kier molecular flexibility index (Phi) is 1.87. The Morgan fingerprint density at radius 3 is 3.12 bits per heavy atom. The van der Waals surface area contributed by atoms with Crippen LogP contribution in [0.4, 0.5) is 5.69 Å². The summed E-state index contributed by atoms with van der Waals surface area (Å²) in [6, 6.07) is 8.40. The van der Waals surface area contributed by atoms with Crippen LogP contribution >= 0.6 is 0 Å². The smallest absolute Gasteiger partial charge is 0.252 e. The zero-order valence-electron chi connectivity index (χ0n) is 9.65. The first-order chi connectivity index (χ1) is 8.43. The van der Waals surface area contributed by atoms with Crippen molar-refractivity contribution in [3.63, 3.8) is 0 Å². The zero-order chi connectivity index (χ0) is 11.2. The van der Waals surface area contributed by atoms with Crippen molar-refractivity contribution in [1.29, 1.82) is 0 Å². The molecule has 0 aromatic heterocycles. The maximum atomic E-state index is 5.81. The summed E-state index contributed by atoms with van der Waals surface area (Å²) in [4.78, 5) is 4.64. The topological polar surface area (TPSA) is 23.7 Å². The third-order valence-corrected chi connectivity index (χ3v) is 3.89. The molecule has 0 saturated heterocycles. The molecule has 1 saturated carbocycles. The maximum Gasteiger partial charge on any atom is 0.335 e. The second kappa shape index (κ2) is 3.39. The minimum Gasteiger partial charge on any atom is -0.252 e. The molecule has 1 unspecified atom stereocenters. The highest BCUT2D eigenvalue weighted by Gasteiger charge is 2.38. The van der Waals surface area contributed by atoms with Crippen LogP contribution in [-0.2, 0) is 4.42 Å². The normalized spacial score (nSPS) is 25.2. The van der Waals surface area contributed by atoms with Crippen molar-refractivity contribution in [3.8, 4) is 0 Å². The highest BCUT2D eigenvalue weighted by molar-refractivity contribution is 6.52. The lowest BCUT2D eigenvalue weighted by Gasteiger charge is -2.19. The van der Waals surface area contributed by atoms with Crippen molar-refractivity contribution in [2.75, 3.05) is 0 Å². The molecule has 0 radical (unpaired) electrons. The van der Waals surface area contributed by atoms with Gasteiger partial charge in [-0.3, -0.25) is 4.42 Å². The van der Waals surface area contributed by atoms with Crippen molar-refractivity contribution < 1.29 is 4.42 Å². The van der Waals surface area contributed by atoms with E-state index in [1.165, 1.54) is 36.0 Å². The van der Waals surface area contributed by atoms with Crippen LogP contribution in [0.1, 0.15) is 31.2 Å². The number of fused-ring (bicyclic) bond motifs is 4. The highest BCUT2D eigenvalue weighted by Crippen LogP contribution is 2.41. The molecule has 0 amide bonds. The average molecular weight is 224 g/mol. The van der Waals surface area contributed by atoms with Crippen LogP contribution in [0.5, 0.6) is 0 Å². The van der Waals surface area contributed by atoms with E-state index in [-0.39, 0.29) is 0 Å². The summed E-state index contributed by atoms with van der Waals surface area (Å²) < 4.78 is 5.81. The summed E-state index contributed by atoms with van der Waals surface area (Å²) in [5, 5.41) is 0. The fourth-order valence-electron chi connectivity index (χ4n) is 3.09. The molecule has 2 nitrogen and oxygen atoms in total. The Bertz CT molecular complexity index is 580. The average Bonchev–Trinajstić information content (AvgIpc) is 2.77. The number of hydrogen-bond acceptors (Lipinski definition) is 1. The van der Waals surface area contributed by atoms with E-state index in [0.29, 0.717) is 6.10 Å². The molecule has 1 atom stereocenters. The molecule has 1 aromatic carbocycles. The van der Waals surface area contributed by atoms with Gasteiger partial charge < -0.3 is 0 Å². The lowest BCUT2D eigenvalue weighted by molar-refractivity contribution is -0.488. The Labute approximate surface area is 100 Å². The first kappa shape index (κ1) is 9.34. The molecule has 2 heterocycles. The van der Waals surface area contributed by atoms with Crippen molar-refractivity contribution in [3.05, 3.63) is 35.4 Å². The second-order valence-electron chi connectivity index (χ2n) is 4.90. The van der Waals surface area contributed by atoms with E-state index in [1.807, 2.05) is 12.4 Å². The van der Waals surface area contributed by atoms with E-state index in [9.17, 15) is 0 Å². The summed E-state index contributed by atoms with van der Waals surface area (Å²) in [6.07, 6.45) is 7.06. The van der Waals surface area contributed by atoms with Crippen molar-refractivity contribution in [2.45, 2.75) is 31.8 Å². The monoisotopic (exact) mass is 224 g/mol. The molecule has 0 spiro atoms. The van der Waals surface area contributed by atoms with Crippen LogP contribution in [0.3, 0.4) is 0 Å². The number of benzene rings is 1. The van der Waals surface area contributed by atoms with Gasteiger partial charge in [0.15, 0.2) is 5.71 Å². The zero-order valence-corrected chi connectivity index (χ0v) is 9.65. The minimum atomic E-state index is 0.309. The molecule has 0 bridgehead atoms. The quantitative estimate of drug-likeness (QED) is 0.477. The summed E-state index contributed by atoms with van der Waals surface area (Å²) in [6.45, 7) is 0. The van der Waals surface area contributed by atoms with E-state index in [2.05, 4.69) is 23.2 Å². The molecule has 4 rings (SSSR count). The number of hydrogen-bond donors (Lipinski definition) is 0. The fraction of sp³-hybridized carbons (Fsp3) is 0.333. The molecule has 17 heavy (non-hydrogen) atoms. The van der Waals surface area contributed by atoms with Gasteiger partial charge in [-0.05, 0) is 25.3 Å². The van der Waals surface area contributed by atoms with Gasteiger partial charge in [-0.1, -0.05) is 18.2 Å². The van der Waals surface area contributed by atoms with Gasteiger partial charge in [0.25, 0.3) is 6.10 Å². The summed E-state index contributed by atoms with van der Waals surface area (Å²) in [5.74, 6) is 0. The SMILES string of the molecule is C1=[O+]C2CCCCC2=C2C1=Nc1ccccc12. The van der Waals surface area contributed by atoms with Gasteiger partial charge in [0, 0.05) is 23.1 Å². The molecule has 1 fully saturated rings. The van der Waals surface area contributed by atoms with E-state index in [0.717, 1.165) is 17.8 Å². The standard InChI is InChI=1S/C15H14NO/c1-3-7-12-10(5-1)15-11-6-2-4-8-14(11)17-9-13(15)16-12/h1,3,5,7,9,14H,2,4,6,8H2/q+1. The Morgan fingerprint density at radius 2 is 2.12 bits per heavy atom. The number of para-hydroxylation sites is 1. The van der Waals surface area contributed by atoms with Crippen molar-refractivity contribution in [2.24, 2.45) is 4.99 Å². The predicted molar refractivity (Wildman–Crippen MR) is 68.8 cm³/mol. The molecule has 3 aliphatic rings. The molecule has 1 aliphatic carbocycles. The fourth-order valence-corrected chi connectivity index (χ4v) is 3.09. The Balaban J connectivity index is 1.95. The number of aliphatic imine (C=N–C) groups is 1. The molecule has 2 aliphatic heterocycles. The third kappa shape index (κ3) is 1.27. The number of allylic oxidation sites excluding steroid dienone is 1. The summed E-state index contributed by atoms with van der Waals surface area (Å²) in [7, 11) is 0. The van der Waals surface area contributed by atoms with Gasteiger partial charge in [0.1, 0.15) is 0 Å². The summed E-state index contributed by atoms with van der Waals surface area (Å²) >= 11 is 0. The number of aldehydes is 1.